The van der Waals surface area contributed by atoms with Gasteiger partial charge in [-0.1, -0.05) is 26.0 Å². The number of hydrogen-bond donors (Lipinski definition) is 0. The van der Waals surface area contributed by atoms with Crippen molar-refractivity contribution in [3.8, 4) is 0 Å². The molecule has 9 heteroatoms. The van der Waals surface area contributed by atoms with Crippen molar-refractivity contribution in [2.75, 3.05) is 37.8 Å². The number of thioether (sulfide) groups is 1. The Hall–Kier alpha value is -1.74. The Morgan fingerprint density at radius 3 is 2.33 bits per heavy atom. The van der Waals surface area contributed by atoms with Crippen LogP contribution in [0.1, 0.15) is 31.4 Å². The summed E-state index contributed by atoms with van der Waals surface area (Å²) in [6.45, 7) is 6.86. The lowest BCUT2D eigenvalue weighted by Crippen LogP contribution is -2.55. The summed E-state index contributed by atoms with van der Waals surface area (Å²) in [5.41, 5.74) is 0.174. The van der Waals surface area contributed by atoms with Crippen molar-refractivity contribution in [3.63, 3.8) is 0 Å². The van der Waals surface area contributed by atoms with Crippen LogP contribution in [-0.2, 0) is 22.3 Å². The molecule has 0 unspecified atom stereocenters. The van der Waals surface area contributed by atoms with Gasteiger partial charge in [-0.25, -0.2) is 0 Å². The molecule has 0 spiro atoms. The smallest absolute Gasteiger partial charge is 0.338 e. The first-order valence-corrected chi connectivity index (χ1v) is 11.4. The molecule has 1 aromatic rings. The van der Waals surface area contributed by atoms with Crippen LogP contribution >= 0.6 is 11.8 Å². The predicted molar refractivity (Wildman–Crippen MR) is 111 cm³/mol. The number of hydrogen-bond acceptors (Lipinski definition) is 4. The van der Waals surface area contributed by atoms with Crippen molar-refractivity contribution in [2.45, 2.75) is 39.0 Å². The monoisotopic (exact) mass is 443 g/mol. The average Bonchev–Trinajstić information content (AvgIpc) is 3.22. The molecule has 1 aromatic carbocycles. The third-order valence-electron chi connectivity index (χ3n) is 5.86. The first-order chi connectivity index (χ1) is 14.2. The van der Waals surface area contributed by atoms with Crippen LogP contribution in [0.3, 0.4) is 0 Å². The zero-order valence-electron chi connectivity index (χ0n) is 17.3. The van der Waals surface area contributed by atoms with E-state index in [1.165, 1.54) is 12.1 Å². The first kappa shape index (κ1) is 22.9. The molecular formula is C21H28F3N3O2S. The molecule has 2 amide bonds. The van der Waals surface area contributed by atoms with Crippen LogP contribution in [0.15, 0.2) is 24.3 Å². The summed E-state index contributed by atoms with van der Waals surface area (Å²) in [5.74, 6) is 1.16. The van der Waals surface area contributed by atoms with E-state index in [2.05, 4.69) is 4.90 Å². The van der Waals surface area contributed by atoms with Gasteiger partial charge in [0.05, 0.1) is 11.4 Å². The molecule has 2 heterocycles. The lowest BCUT2D eigenvalue weighted by molar-refractivity contribution is -0.146. The molecule has 0 saturated carbocycles. The van der Waals surface area contributed by atoms with E-state index in [0.717, 1.165) is 24.1 Å². The van der Waals surface area contributed by atoms with Gasteiger partial charge in [-0.3, -0.25) is 14.5 Å². The maximum absolute atomic E-state index is 13.0. The molecule has 30 heavy (non-hydrogen) atoms. The number of nitrogens with zero attached hydrogens (tertiary/aromatic N) is 3. The van der Waals surface area contributed by atoms with Crippen molar-refractivity contribution >= 4 is 23.6 Å². The number of carbonyl (C=O) groups is 2. The molecule has 2 atom stereocenters. The summed E-state index contributed by atoms with van der Waals surface area (Å²) < 4.78 is 38.1. The second kappa shape index (κ2) is 9.60. The normalized spacial score (nSPS) is 21.7. The van der Waals surface area contributed by atoms with Crippen LogP contribution in [0, 0.1) is 5.92 Å². The third-order valence-corrected chi connectivity index (χ3v) is 6.87. The minimum absolute atomic E-state index is 0.00540. The van der Waals surface area contributed by atoms with E-state index in [4.69, 9.17) is 0 Å². The minimum atomic E-state index is -4.33. The number of carbonyl (C=O) groups excluding carboxylic acids is 2. The van der Waals surface area contributed by atoms with Crippen LogP contribution in [0.25, 0.3) is 0 Å². The van der Waals surface area contributed by atoms with Gasteiger partial charge in [0.15, 0.2) is 0 Å². The molecule has 0 bridgehead atoms. The van der Waals surface area contributed by atoms with Crippen molar-refractivity contribution in [1.82, 2.24) is 14.7 Å². The van der Waals surface area contributed by atoms with Crippen LogP contribution in [0.2, 0.25) is 0 Å². The largest absolute Gasteiger partial charge is 0.416 e. The fourth-order valence-electron chi connectivity index (χ4n) is 3.72. The lowest BCUT2D eigenvalue weighted by atomic mass is 10.1. The van der Waals surface area contributed by atoms with E-state index < -0.39 is 17.8 Å². The van der Waals surface area contributed by atoms with Crippen molar-refractivity contribution in [3.05, 3.63) is 35.4 Å². The number of piperazine rings is 1. The fourth-order valence-corrected chi connectivity index (χ4v) is 4.87. The Labute approximate surface area is 179 Å². The maximum atomic E-state index is 13.0. The van der Waals surface area contributed by atoms with Gasteiger partial charge in [0.2, 0.25) is 11.8 Å². The minimum Gasteiger partial charge on any atom is -0.338 e. The first-order valence-electron chi connectivity index (χ1n) is 10.3. The van der Waals surface area contributed by atoms with Gasteiger partial charge >= 0.3 is 6.18 Å². The summed E-state index contributed by atoms with van der Waals surface area (Å²) >= 11 is 1.61. The van der Waals surface area contributed by atoms with Crippen LogP contribution in [-0.4, -0.2) is 70.4 Å². The topological polar surface area (TPSA) is 43.9 Å². The van der Waals surface area contributed by atoms with E-state index in [0.29, 0.717) is 44.4 Å². The molecular weight excluding hydrogens is 415 g/mol. The van der Waals surface area contributed by atoms with Crippen molar-refractivity contribution in [2.24, 2.45) is 5.92 Å². The van der Waals surface area contributed by atoms with Gasteiger partial charge in [-0.15, -0.1) is 11.8 Å². The summed E-state index contributed by atoms with van der Waals surface area (Å²) in [6, 6.07) is 4.84. The molecule has 2 aliphatic heterocycles. The molecule has 3 rings (SSSR count). The van der Waals surface area contributed by atoms with Gasteiger partial charge in [0, 0.05) is 44.4 Å². The SMILES string of the molecule is CC[C@H](C)C(=O)N1CSC[C@H]1C(=O)N1CCN(Cc2ccc(C(F)(F)F)cc2)CC1. The predicted octanol–water partition coefficient (Wildman–Crippen LogP) is 3.30. The van der Waals surface area contributed by atoms with Gasteiger partial charge < -0.3 is 9.80 Å². The quantitative estimate of drug-likeness (QED) is 0.701. The fraction of sp³-hybridized carbons (Fsp3) is 0.619. The highest BCUT2D eigenvalue weighted by Crippen LogP contribution is 2.29. The number of amides is 2. The lowest BCUT2D eigenvalue weighted by Gasteiger charge is -2.37. The molecule has 2 aliphatic rings. The van der Waals surface area contributed by atoms with Crippen LogP contribution in [0.4, 0.5) is 13.2 Å². The van der Waals surface area contributed by atoms with Gasteiger partial charge in [-0.2, -0.15) is 13.2 Å². The highest BCUT2D eigenvalue weighted by molar-refractivity contribution is 7.99. The Morgan fingerprint density at radius 2 is 1.77 bits per heavy atom. The second-order valence-electron chi connectivity index (χ2n) is 7.93. The zero-order chi connectivity index (χ0) is 21.9. The Balaban J connectivity index is 1.52. The average molecular weight is 444 g/mol. The summed E-state index contributed by atoms with van der Waals surface area (Å²) in [7, 11) is 0. The number of alkyl halides is 3. The zero-order valence-corrected chi connectivity index (χ0v) is 18.1. The van der Waals surface area contributed by atoms with E-state index in [9.17, 15) is 22.8 Å². The summed E-state index contributed by atoms with van der Waals surface area (Å²) in [6.07, 6.45) is -3.57. The molecule has 2 fully saturated rings. The Kier molecular flexibility index (Phi) is 7.34. The highest BCUT2D eigenvalue weighted by atomic mass is 32.2. The molecule has 0 radical (unpaired) electrons. The Bertz CT molecular complexity index is 749. The molecule has 2 saturated heterocycles. The summed E-state index contributed by atoms with van der Waals surface area (Å²) in [5, 5.41) is 0. The van der Waals surface area contributed by atoms with Crippen molar-refractivity contribution < 1.29 is 22.8 Å². The highest BCUT2D eigenvalue weighted by Gasteiger charge is 2.38. The van der Waals surface area contributed by atoms with Crippen LogP contribution < -0.4 is 0 Å². The molecule has 166 valence electrons. The molecule has 0 N–H and O–H groups in total. The van der Waals surface area contributed by atoms with Crippen LogP contribution in [0.5, 0.6) is 0 Å². The molecule has 0 aliphatic carbocycles. The Morgan fingerprint density at radius 1 is 1.13 bits per heavy atom. The van der Waals surface area contributed by atoms with E-state index in [1.54, 1.807) is 16.7 Å². The van der Waals surface area contributed by atoms with Gasteiger partial charge in [-0.05, 0) is 24.1 Å². The van der Waals surface area contributed by atoms with E-state index in [-0.39, 0.29) is 17.7 Å². The van der Waals surface area contributed by atoms with E-state index in [1.807, 2.05) is 18.7 Å². The number of rotatable bonds is 5. The number of benzene rings is 1. The summed E-state index contributed by atoms with van der Waals surface area (Å²) in [4.78, 5) is 31.3. The standard InChI is InChI=1S/C21H28F3N3O2S/c1-3-15(2)19(28)27-14-30-13-18(27)20(29)26-10-8-25(9-11-26)12-16-4-6-17(7-5-16)21(22,23)24/h4-7,15,18H,3,8-14H2,1-2H3/t15-,18-/m0/s1. The van der Waals surface area contributed by atoms with Crippen molar-refractivity contribution in [1.29, 1.82) is 0 Å². The number of halogens is 3. The van der Waals surface area contributed by atoms with Gasteiger partial charge in [0.25, 0.3) is 0 Å². The van der Waals surface area contributed by atoms with E-state index >= 15 is 0 Å². The van der Waals surface area contributed by atoms with Gasteiger partial charge in [0.1, 0.15) is 6.04 Å². The maximum Gasteiger partial charge on any atom is 0.416 e. The second-order valence-corrected chi connectivity index (χ2v) is 8.93. The molecule has 5 nitrogen and oxygen atoms in total. The molecule has 0 aromatic heterocycles. The third kappa shape index (κ3) is 5.29.